The average molecular weight is 347 g/mol. The third-order valence-corrected chi connectivity index (χ3v) is 5.29. The number of carbonyl (C=O) groups is 2. The number of carbonyl (C=O) groups excluding carboxylic acids is 2. The van der Waals surface area contributed by atoms with Crippen molar-refractivity contribution in [2.75, 3.05) is 6.54 Å². The van der Waals surface area contributed by atoms with Crippen LogP contribution in [0.5, 0.6) is 0 Å². The van der Waals surface area contributed by atoms with Gasteiger partial charge in [0.2, 0.25) is 5.91 Å². The molecule has 1 atom stereocenters. The van der Waals surface area contributed by atoms with E-state index in [-0.39, 0.29) is 18.0 Å². The smallest absolute Gasteiger partial charge is 0.315 e. The van der Waals surface area contributed by atoms with Crippen molar-refractivity contribution >= 4 is 11.9 Å². The molecule has 3 rings (SSSR count). The van der Waals surface area contributed by atoms with E-state index in [4.69, 9.17) is 0 Å². The van der Waals surface area contributed by atoms with Crippen LogP contribution in [0.2, 0.25) is 0 Å². The van der Waals surface area contributed by atoms with E-state index in [1.165, 1.54) is 25.0 Å². The van der Waals surface area contributed by atoms with E-state index in [0.29, 0.717) is 19.0 Å². The standard InChI is InChI=1S/C18H29N5O2/c1-23-16-9-5-8-15(14(16)12-20-23)22-18(25)19-11-10-17(24)21-13-6-3-2-4-7-13/h12-13,15H,2-11H2,1H3,(H,21,24)(H2,19,22,25)/t15-/m1/s1. The Morgan fingerprint density at radius 3 is 2.76 bits per heavy atom. The van der Waals surface area contributed by atoms with Crippen molar-refractivity contribution in [1.29, 1.82) is 0 Å². The lowest BCUT2D eigenvalue weighted by Gasteiger charge is -2.24. The van der Waals surface area contributed by atoms with Crippen LogP contribution in [-0.2, 0) is 18.3 Å². The molecule has 3 amide bonds. The largest absolute Gasteiger partial charge is 0.353 e. The maximum atomic E-state index is 12.1. The van der Waals surface area contributed by atoms with E-state index in [0.717, 1.165) is 37.7 Å². The molecule has 1 aromatic heterocycles. The third kappa shape index (κ3) is 4.74. The molecular formula is C18H29N5O2. The zero-order chi connectivity index (χ0) is 17.6. The van der Waals surface area contributed by atoms with Gasteiger partial charge in [-0.15, -0.1) is 0 Å². The summed E-state index contributed by atoms with van der Waals surface area (Å²) in [6.07, 6.45) is 11.0. The molecule has 3 N–H and O–H groups in total. The van der Waals surface area contributed by atoms with E-state index >= 15 is 0 Å². The second-order valence-electron chi connectivity index (χ2n) is 7.17. The summed E-state index contributed by atoms with van der Waals surface area (Å²) >= 11 is 0. The van der Waals surface area contributed by atoms with Gasteiger partial charge in [-0.25, -0.2) is 4.79 Å². The van der Waals surface area contributed by atoms with Crippen molar-refractivity contribution in [1.82, 2.24) is 25.7 Å². The predicted molar refractivity (Wildman–Crippen MR) is 95.1 cm³/mol. The fourth-order valence-electron chi connectivity index (χ4n) is 3.90. The summed E-state index contributed by atoms with van der Waals surface area (Å²) in [6.45, 7) is 0.358. The van der Waals surface area contributed by atoms with Gasteiger partial charge >= 0.3 is 6.03 Å². The molecule has 2 aliphatic rings. The third-order valence-electron chi connectivity index (χ3n) is 5.29. The summed E-state index contributed by atoms with van der Waals surface area (Å²) in [5, 5.41) is 13.2. The highest BCUT2D eigenvalue weighted by molar-refractivity contribution is 5.78. The molecule has 7 heteroatoms. The minimum Gasteiger partial charge on any atom is -0.353 e. The van der Waals surface area contributed by atoms with E-state index < -0.39 is 0 Å². The SMILES string of the molecule is Cn1ncc2c1CCC[C@H]2NC(=O)NCCC(=O)NC1CCCCC1. The molecule has 1 saturated carbocycles. The van der Waals surface area contributed by atoms with E-state index in [1.807, 2.05) is 17.9 Å². The molecule has 2 aliphatic carbocycles. The van der Waals surface area contributed by atoms with Crippen molar-refractivity contribution in [2.45, 2.75) is 69.9 Å². The van der Waals surface area contributed by atoms with Gasteiger partial charge in [-0.1, -0.05) is 19.3 Å². The minimum absolute atomic E-state index is 0.00788. The zero-order valence-corrected chi connectivity index (χ0v) is 15.0. The highest BCUT2D eigenvalue weighted by Crippen LogP contribution is 2.28. The Labute approximate surface area is 148 Å². The minimum atomic E-state index is -0.216. The molecular weight excluding hydrogens is 318 g/mol. The first-order chi connectivity index (χ1) is 12.1. The molecule has 7 nitrogen and oxygen atoms in total. The molecule has 0 saturated heterocycles. The van der Waals surface area contributed by atoms with Crippen LogP contribution in [0.4, 0.5) is 4.79 Å². The average Bonchev–Trinajstić information content (AvgIpc) is 2.98. The van der Waals surface area contributed by atoms with E-state index in [2.05, 4.69) is 21.0 Å². The lowest BCUT2D eigenvalue weighted by Crippen LogP contribution is -2.42. The van der Waals surface area contributed by atoms with Crippen molar-refractivity contribution in [2.24, 2.45) is 7.05 Å². The van der Waals surface area contributed by atoms with Gasteiger partial charge in [0, 0.05) is 37.3 Å². The Bertz CT molecular complexity index is 607. The lowest BCUT2D eigenvalue weighted by atomic mass is 9.93. The van der Waals surface area contributed by atoms with Crippen molar-refractivity contribution in [3.8, 4) is 0 Å². The lowest BCUT2D eigenvalue weighted by molar-refractivity contribution is -0.121. The number of fused-ring (bicyclic) bond motifs is 1. The number of nitrogens with zero attached hydrogens (tertiary/aromatic N) is 2. The van der Waals surface area contributed by atoms with Gasteiger partial charge in [0.1, 0.15) is 0 Å². The highest BCUT2D eigenvalue weighted by Gasteiger charge is 2.24. The van der Waals surface area contributed by atoms with E-state index in [1.54, 1.807) is 0 Å². The fourth-order valence-corrected chi connectivity index (χ4v) is 3.90. The van der Waals surface area contributed by atoms with Crippen LogP contribution >= 0.6 is 0 Å². The Hall–Kier alpha value is -2.05. The summed E-state index contributed by atoms with van der Waals surface area (Å²) in [7, 11) is 1.94. The maximum Gasteiger partial charge on any atom is 0.315 e. The molecule has 1 heterocycles. The zero-order valence-electron chi connectivity index (χ0n) is 15.0. The van der Waals surface area contributed by atoms with Crippen molar-refractivity contribution in [3.05, 3.63) is 17.5 Å². The van der Waals surface area contributed by atoms with Crippen LogP contribution in [0.1, 0.15) is 68.7 Å². The summed E-state index contributed by atoms with van der Waals surface area (Å²) in [6, 6.07) is 0.113. The Kier molecular flexibility index (Phi) is 5.94. The highest BCUT2D eigenvalue weighted by atomic mass is 16.2. The van der Waals surface area contributed by atoms with Gasteiger partial charge in [0.05, 0.1) is 12.2 Å². The molecule has 0 aliphatic heterocycles. The van der Waals surface area contributed by atoms with Gasteiger partial charge in [0.15, 0.2) is 0 Å². The summed E-state index contributed by atoms with van der Waals surface area (Å²) in [5.74, 6) is 0.0272. The molecule has 1 fully saturated rings. The number of hydrogen-bond acceptors (Lipinski definition) is 3. The number of aryl methyl sites for hydroxylation is 1. The van der Waals surface area contributed by atoms with Crippen LogP contribution in [0.25, 0.3) is 0 Å². The Morgan fingerprint density at radius 1 is 1.16 bits per heavy atom. The number of urea groups is 1. The van der Waals surface area contributed by atoms with Gasteiger partial charge in [0.25, 0.3) is 0 Å². The summed E-state index contributed by atoms with van der Waals surface area (Å²) < 4.78 is 1.89. The number of amides is 3. The fraction of sp³-hybridized carbons (Fsp3) is 0.722. The molecule has 0 spiro atoms. The van der Waals surface area contributed by atoms with Gasteiger partial charge < -0.3 is 16.0 Å². The summed E-state index contributed by atoms with van der Waals surface area (Å²) in [5.41, 5.74) is 2.31. The Balaban J connectivity index is 1.38. The van der Waals surface area contributed by atoms with E-state index in [9.17, 15) is 9.59 Å². The molecule has 1 aromatic rings. The second kappa shape index (κ2) is 8.36. The van der Waals surface area contributed by atoms with Gasteiger partial charge in [-0.2, -0.15) is 5.10 Å². The van der Waals surface area contributed by atoms with Crippen LogP contribution in [0.15, 0.2) is 6.20 Å². The van der Waals surface area contributed by atoms with Crippen LogP contribution in [-0.4, -0.2) is 34.3 Å². The van der Waals surface area contributed by atoms with Crippen LogP contribution in [0, 0.1) is 0 Å². The molecule has 25 heavy (non-hydrogen) atoms. The normalized spacial score (nSPS) is 20.6. The summed E-state index contributed by atoms with van der Waals surface area (Å²) in [4.78, 5) is 24.1. The topological polar surface area (TPSA) is 88.1 Å². The van der Waals surface area contributed by atoms with Crippen molar-refractivity contribution < 1.29 is 9.59 Å². The first-order valence-corrected chi connectivity index (χ1v) is 9.48. The number of aromatic nitrogens is 2. The first kappa shape index (κ1) is 17.8. The van der Waals surface area contributed by atoms with Crippen LogP contribution < -0.4 is 16.0 Å². The monoisotopic (exact) mass is 347 g/mol. The Morgan fingerprint density at radius 2 is 1.96 bits per heavy atom. The molecule has 0 radical (unpaired) electrons. The quantitative estimate of drug-likeness (QED) is 0.760. The van der Waals surface area contributed by atoms with Crippen LogP contribution in [0.3, 0.4) is 0 Å². The maximum absolute atomic E-state index is 12.1. The molecule has 0 aromatic carbocycles. The molecule has 0 bridgehead atoms. The first-order valence-electron chi connectivity index (χ1n) is 9.48. The molecule has 138 valence electrons. The second-order valence-corrected chi connectivity index (χ2v) is 7.17. The van der Waals surface area contributed by atoms with Gasteiger partial charge in [-0.05, 0) is 32.1 Å². The number of rotatable bonds is 5. The molecule has 0 unspecified atom stereocenters. The van der Waals surface area contributed by atoms with Gasteiger partial charge in [-0.3, -0.25) is 9.48 Å². The number of hydrogen-bond donors (Lipinski definition) is 3. The number of nitrogens with one attached hydrogen (secondary N) is 3. The predicted octanol–water partition coefficient (Wildman–Crippen LogP) is 1.94. The van der Waals surface area contributed by atoms with Crippen molar-refractivity contribution in [3.63, 3.8) is 0 Å².